The van der Waals surface area contributed by atoms with E-state index in [2.05, 4.69) is 6.92 Å². The second-order valence-corrected chi connectivity index (χ2v) is 7.08. The summed E-state index contributed by atoms with van der Waals surface area (Å²) in [5, 5.41) is 0. The third-order valence-corrected chi connectivity index (χ3v) is 4.29. The number of ether oxygens (including phenoxy) is 4. The first kappa shape index (κ1) is 28.3. The van der Waals surface area contributed by atoms with Gasteiger partial charge in [-0.15, -0.1) is 0 Å². The van der Waals surface area contributed by atoms with Gasteiger partial charge in [-0.25, -0.2) is 0 Å². The fourth-order valence-corrected chi connectivity index (χ4v) is 2.70. The van der Waals surface area contributed by atoms with E-state index in [9.17, 15) is 9.59 Å². The van der Waals surface area contributed by atoms with Crippen molar-refractivity contribution in [2.45, 2.75) is 45.0 Å². The van der Waals surface area contributed by atoms with Gasteiger partial charge in [-0.2, -0.15) is 0 Å². The molecule has 1 radical (unpaired) electrons. The standard InChI is InChI=1S/C25H31O6.Na.H/c1-21(31-25(27)15-9-17-29-20-23-12-6-3-7-13-23)18-30-24(26)14-8-16-28-19-22-10-4-2-5-11-22;;/h2-7,10-13,21H,1,8-9,14-20H2;;. The van der Waals surface area contributed by atoms with E-state index in [1.54, 1.807) is 0 Å². The van der Waals surface area contributed by atoms with Crippen molar-refractivity contribution in [3.8, 4) is 0 Å². The van der Waals surface area contributed by atoms with Gasteiger partial charge in [0, 0.05) is 26.1 Å². The van der Waals surface area contributed by atoms with Gasteiger partial charge in [-0.1, -0.05) is 60.7 Å². The zero-order valence-corrected chi connectivity index (χ0v) is 17.9. The van der Waals surface area contributed by atoms with E-state index in [4.69, 9.17) is 18.9 Å². The topological polar surface area (TPSA) is 71.1 Å². The number of hydrogen-bond donors (Lipinski definition) is 0. The number of carbonyl (C=O) groups is 2. The predicted molar refractivity (Wildman–Crippen MR) is 124 cm³/mol. The van der Waals surface area contributed by atoms with Gasteiger partial charge in [0.25, 0.3) is 0 Å². The Bertz CT molecular complexity index is 754. The van der Waals surface area contributed by atoms with Gasteiger partial charge in [0.05, 0.1) is 13.2 Å². The summed E-state index contributed by atoms with van der Waals surface area (Å²) in [6.07, 6.45) is 0.870. The molecule has 32 heavy (non-hydrogen) atoms. The normalized spacial score (nSPS) is 11.3. The molecule has 0 heterocycles. The van der Waals surface area contributed by atoms with E-state index in [0.29, 0.717) is 39.3 Å². The maximum absolute atomic E-state index is 11.8. The number of carbonyl (C=O) groups excluding carboxylic acids is 2. The minimum atomic E-state index is -0.726. The first-order chi connectivity index (χ1) is 15.1. The molecule has 0 spiro atoms. The van der Waals surface area contributed by atoms with Crippen molar-refractivity contribution >= 4 is 41.5 Å². The second-order valence-electron chi connectivity index (χ2n) is 7.08. The quantitative estimate of drug-likeness (QED) is 0.234. The third-order valence-electron chi connectivity index (χ3n) is 4.29. The minimum absolute atomic E-state index is 0. The first-order valence-corrected chi connectivity index (χ1v) is 10.5. The van der Waals surface area contributed by atoms with Crippen LogP contribution in [-0.2, 0) is 41.8 Å². The van der Waals surface area contributed by atoms with Crippen LogP contribution in [0.3, 0.4) is 0 Å². The van der Waals surface area contributed by atoms with E-state index >= 15 is 0 Å². The number of esters is 2. The number of rotatable bonds is 15. The summed E-state index contributed by atoms with van der Waals surface area (Å²) < 4.78 is 21.3. The molecule has 0 aliphatic rings. The van der Waals surface area contributed by atoms with Crippen molar-refractivity contribution in [2.75, 3.05) is 19.8 Å². The van der Waals surface area contributed by atoms with Gasteiger partial charge in [0.1, 0.15) is 12.7 Å². The molecule has 2 aromatic rings. The molecular formula is C25H32NaO6. The maximum atomic E-state index is 11.8. The van der Waals surface area contributed by atoms with E-state index in [1.807, 2.05) is 60.7 Å². The SMILES string of the molecule is [CH2]C(COC(=O)CCCOCc1ccccc1)OC(=O)CCCOCc1ccccc1.[NaH]. The third kappa shape index (κ3) is 13.7. The molecule has 0 saturated carbocycles. The Balaban J connectivity index is 0.00000512. The summed E-state index contributed by atoms with van der Waals surface area (Å²) in [5.41, 5.74) is 2.18. The molecule has 6 nitrogen and oxygen atoms in total. The number of hydrogen-bond acceptors (Lipinski definition) is 6. The molecular weight excluding hydrogens is 419 g/mol. The van der Waals surface area contributed by atoms with Crippen LogP contribution in [0.2, 0.25) is 0 Å². The Kier molecular flexibility index (Phi) is 15.8. The average Bonchev–Trinajstić information content (AvgIpc) is 2.78. The molecule has 2 rings (SSSR count). The summed E-state index contributed by atoms with van der Waals surface area (Å²) in [5.74, 6) is -0.740. The molecule has 7 heteroatoms. The van der Waals surface area contributed by atoms with Crippen LogP contribution in [0.1, 0.15) is 36.8 Å². The summed E-state index contributed by atoms with van der Waals surface area (Å²) in [7, 11) is 0. The van der Waals surface area contributed by atoms with Crippen LogP contribution in [0.25, 0.3) is 0 Å². The van der Waals surface area contributed by atoms with Gasteiger partial charge < -0.3 is 18.9 Å². The van der Waals surface area contributed by atoms with Crippen LogP contribution in [-0.4, -0.2) is 67.4 Å². The van der Waals surface area contributed by atoms with Gasteiger partial charge in [-0.05, 0) is 30.9 Å². The summed E-state index contributed by atoms with van der Waals surface area (Å²) in [6.45, 7) is 5.62. The molecule has 0 saturated heterocycles. The summed E-state index contributed by atoms with van der Waals surface area (Å²) in [4.78, 5) is 23.6. The van der Waals surface area contributed by atoms with Crippen molar-refractivity contribution < 1.29 is 28.5 Å². The molecule has 1 unspecified atom stereocenters. The molecule has 169 valence electrons. The summed E-state index contributed by atoms with van der Waals surface area (Å²) in [6, 6.07) is 19.7. The van der Waals surface area contributed by atoms with Crippen molar-refractivity contribution in [1.29, 1.82) is 0 Å². The Morgan fingerprint density at radius 2 is 1.22 bits per heavy atom. The van der Waals surface area contributed by atoms with Crippen LogP contribution in [0, 0.1) is 6.92 Å². The Morgan fingerprint density at radius 1 is 0.750 bits per heavy atom. The van der Waals surface area contributed by atoms with Crippen molar-refractivity contribution in [1.82, 2.24) is 0 Å². The average molecular weight is 452 g/mol. The fourth-order valence-electron chi connectivity index (χ4n) is 2.70. The Morgan fingerprint density at radius 3 is 1.72 bits per heavy atom. The van der Waals surface area contributed by atoms with Crippen molar-refractivity contribution in [2.24, 2.45) is 0 Å². The molecule has 0 bridgehead atoms. The predicted octanol–water partition coefficient (Wildman–Crippen LogP) is 3.62. The zero-order valence-electron chi connectivity index (χ0n) is 17.9. The van der Waals surface area contributed by atoms with Gasteiger partial charge in [0.2, 0.25) is 0 Å². The molecule has 0 aliphatic carbocycles. The van der Waals surface area contributed by atoms with Gasteiger partial charge >= 0.3 is 41.5 Å². The van der Waals surface area contributed by atoms with Gasteiger partial charge in [0.15, 0.2) is 0 Å². The fraction of sp³-hybridized carbons (Fsp3) is 0.400. The van der Waals surface area contributed by atoms with E-state index in [-0.39, 0.29) is 60.9 Å². The summed E-state index contributed by atoms with van der Waals surface area (Å²) >= 11 is 0. The molecule has 0 N–H and O–H groups in total. The molecule has 0 aromatic heterocycles. The van der Waals surface area contributed by atoms with Crippen molar-refractivity contribution in [3.63, 3.8) is 0 Å². The zero-order chi connectivity index (χ0) is 22.2. The van der Waals surface area contributed by atoms with Crippen LogP contribution < -0.4 is 0 Å². The molecule has 2 aromatic carbocycles. The van der Waals surface area contributed by atoms with Crippen molar-refractivity contribution in [3.05, 3.63) is 78.7 Å². The molecule has 0 fully saturated rings. The van der Waals surface area contributed by atoms with Crippen LogP contribution in [0.15, 0.2) is 60.7 Å². The van der Waals surface area contributed by atoms with Crippen LogP contribution >= 0.6 is 0 Å². The monoisotopic (exact) mass is 451 g/mol. The molecule has 1 atom stereocenters. The van der Waals surface area contributed by atoms with E-state index in [1.165, 1.54) is 0 Å². The molecule has 0 aliphatic heterocycles. The van der Waals surface area contributed by atoms with Crippen LogP contribution in [0.4, 0.5) is 0 Å². The van der Waals surface area contributed by atoms with Gasteiger partial charge in [-0.3, -0.25) is 9.59 Å². The number of benzene rings is 2. The van der Waals surface area contributed by atoms with E-state index < -0.39 is 6.10 Å². The Labute approximate surface area is 212 Å². The second kappa shape index (κ2) is 17.8. The van der Waals surface area contributed by atoms with Crippen LogP contribution in [0.5, 0.6) is 0 Å². The first-order valence-electron chi connectivity index (χ1n) is 10.5. The molecule has 0 amide bonds. The Hall–Kier alpha value is -1.70. The van der Waals surface area contributed by atoms with E-state index in [0.717, 1.165) is 11.1 Å².